The summed E-state index contributed by atoms with van der Waals surface area (Å²) in [5, 5.41) is 16.4. The Balaban J connectivity index is 0.00000243. The highest BCUT2D eigenvalue weighted by molar-refractivity contribution is 5.85. The van der Waals surface area contributed by atoms with Gasteiger partial charge in [-0.05, 0) is 75.4 Å². The maximum absolute atomic E-state index is 12.4. The second kappa shape index (κ2) is 10.9. The van der Waals surface area contributed by atoms with Crippen molar-refractivity contribution in [1.29, 1.82) is 0 Å². The summed E-state index contributed by atoms with van der Waals surface area (Å²) in [6, 6.07) is 10.7. The van der Waals surface area contributed by atoms with Crippen LogP contribution >= 0.6 is 12.4 Å². The van der Waals surface area contributed by atoms with Gasteiger partial charge in [-0.2, -0.15) is 0 Å². The first kappa shape index (κ1) is 21.2. The summed E-state index contributed by atoms with van der Waals surface area (Å²) in [7, 11) is 0. The van der Waals surface area contributed by atoms with Gasteiger partial charge in [0, 0.05) is 12.5 Å². The molecule has 5 heteroatoms. The van der Waals surface area contributed by atoms with Crippen molar-refractivity contribution in [2.24, 2.45) is 11.8 Å². The molecule has 3 rings (SSSR count). The van der Waals surface area contributed by atoms with Gasteiger partial charge in [0.2, 0.25) is 5.91 Å². The van der Waals surface area contributed by atoms with Crippen molar-refractivity contribution < 1.29 is 9.90 Å². The fourth-order valence-corrected chi connectivity index (χ4v) is 4.26. The topological polar surface area (TPSA) is 61.4 Å². The van der Waals surface area contributed by atoms with Gasteiger partial charge < -0.3 is 15.7 Å². The molecular formula is C21H33ClN2O2. The summed E-state index contributed by atoms with van der Waals surface area (Å²) in [4.78, 5) is 12.4. The van der Waals surface area contributed by atoms with Crippen molar-refractivity contribution in [2.75, 3.05) is 13.1 Å². The van der Waals surface area contributed by atoms with E-state index in [4.69, 9.17) is 0 Å². The Bertz CT molecular complexity index is 528. The maximum atomic E-state index is 12.4. The van der Waals surface area contributed by atoms with Gasteiger partial charge in [-0.3, -0.25) is 4.79 Å². The smallest absolute Gasteiger partial charge is 0.220 e. The van der Waals surface area contributed by atoms with Gasteiger partial charge in [-0.1, -0.05) is 30.3 Å². The van der Waals surface area contributed by atoms with E-state index in [1.54, 1.807) is 0 Å². The minimum Gasteiger partial charge on any atom is -0.393 e. The molecule has 1 aromatic carbocycles. The van der Waals surface area contributed by atoms with Crippen molar-refractivity contribution in [3.63, 3.8) is 0 Å². The lowest BCUT2D eigenvalue weighted by Gasteiger charge is -2.43. The van der Waals surface area contributed by atoms with Crippen LogP contribution in [-0.4, -0.2) is 36.2 Å². The maximum Gasteiger partial charge on any atom is 0.220 e. The lowest BCUT2D eigenvalue weighted by molar-refractivity contribution is -0.123. The van der Waals surface area contributed by atoms with Gasteiger partial charge in [0.15, 0.2) is 0 Å². The molecule has 2 fully saturated rings. The molecule has 0 bridgehead atoms. The first-order valence-electron chi connectivity index (χ1n) is 9.94. The number of piperidine rings is 1. The molecule has 1 aromatic rings. The molecule has 146 valence electrons. The number of carbonyl (C=O) groups excluding carboxylic acids is 1. The van der Waals surface area contributed by atoms with E-state index >= 15 is 0 Å². The Morgan fingerprint density at radius 3 is 2.46 bits per heavy atom. The third-order valence-electron chi connectivity index (χ3n) is 5.84. The summed E-state index contributed by atoms with van der Waals surface area (Å²) in [5.41, 5.74) is 1.35. The highest BCUT2D eigenvalue weighted by Gasteiger charge is 2.38. The average Bonchev–Trinajstić information content (AvgIpc) is 2.63. The molecule has 4 nitrogen and oxygen atoms in total. The molecule has 0 aromatic heterocycles. The Morgan fingerprint density at radius 2 is 1.81 bits per heavy atom. The highest BCUT2D eigenvalue weighted by atomic mass is 35.5. The molecule has 2 aliphatic rings. The first-order chi connectivity index (χ1) is 12.2. The molecule has 1 aliphatic carbocycles. The third kappa shape index (κ3) is 6.26. The van der Waals surface area contributed by atoms with Crippen LogP contribution in [0.1, 0.15) is 50.5 Å². The number of halogens is 1. The van der Waals surface area contributed by atoms with E-state index in [1.807, 2.05) is 6.07 Å². The van der Waals surface area contributed by atoms with Crippen LogP contribution in [0.25, 0.3) is 0 Å². The van der Waals surface area contributed by atoms with Crippen molar-refractivity contribution in [2.45, 2.75) is 63.5 Å². The van der Waals surface area contributed by atoms with E-state index in [-0.39, 0.29) is 30.5 Å². The van der Waals surface area contributed by atoms with Crippen molar-refractivity contribution in [3.8, 4) is 0 Å². The minimum atomic E-state index is -0.156. The normalized spacial score (nSPS) is 24.2. The van der Waals surface area contributed by atoms with Crippen LogP contribution in [0.3, 0.4) is 0 Å². The van der Waals surface area contributed by atoms with Crippen LogP contribution in [0.15, 0.2) is 30.3 Å². The predicted octanol–water partition coefficient (Wildman–Crippen LogP) is 3.08. The van der Waals surface area contributed by atoms with Crippen molar-refractivity contribution in [1.82, 2.24) is 10.6 Å². The number of aliphatic hydroxyl groups is 1. The number of carbonyl (C=O) groups is 1. The number of hydrogen-bond acceptors (Lipinski definition) is 3. The van der Waals surface area contributed by atoms with E-state index in [1.165, 1.54) is 5.56 Å². The zero-order chi connectivity index (χ0) is 17.5. The highest BCUT2D eigenvalue weighted by Crippen LogP contribution is 2.35. The molecule has 0 spiro atoms. The average molecular weight is 381 g/mol. The summed E-state index contributed by atoms with van der Waals surface area (Å²) in [6.07, 6.45) is 7.45. The molecule has 1 unspecified atom stereocenters. The summed E-state index contributed by atoms with van der Waals surface area (Å²) >= 11 is 0. The lowest BCUT2D eigenvalue weighted by Crippen LogP contribution is -2.52. The van der Waals surface area contributed by atoms with Crippen LogP contribution in [0.4, 0.5) is 0 Å². The number of unbranched alkanes of at least 4 members (excludes halogenated alkanes) is 1. The molecule has 1 saturated carbocycles. The molecule has 3 N–H and O–H groups in total. The standard InChI is InChI=1S/C21H32N2O2.ClH/c24-19-14-18(15-19)21(17-10-12-22-13-11-17)23-20(25)9-5-4-8-16-6-2-1-3-7-16;/h1-3,6-7,17-19,21-22,24H,4-5,8-15H2,(H,23,25);1H. The minimum absolute atomic E-state index is 0. The number of rotatable bonds is 8. The van der Waals surface area contributed by atoms with Gasteiger partial charge in [0.25, 0.3) is 0 Å². The van der Waals surface area contributed by atoms with Crippen molar-refractivity contribution >= 4 is 18.3 Å². The quantitative estimate of drug-likeness (QED) is 0.607. The fraction of sp³-hybridized carbons (Fsp3) is 0.667. The Labute approximate surface area is 163 Å². The molecule has 1 aliphatic heterocycles. The zero-order valence-electron chi connectivity index (χ0n) is 15.5. The van der Waals surface area contributed by atoms with Gasteiger partial charge in [-0.15, -0.1) is 12.4 Å². The van der Waals surface area contributed by atoms with Gasteiger partial charge >= 0.3 is 0 Å². The number of aliphatic hydroxyl groups excluding tert-OH is 1. The van der Waals surface area contributed by atoms with Crippen LogP contribution in [0, 0.1) is 11.8 Å². The molecule has 1 amide bonds. The Hall–Kier alpha value is -1.10. The Kier molecular flexibility index (Phi) is 8.89. The van der Waals surface area contributed by atoms with Crippen LogP contribution in [0.2, 0.25) is 0 Å². The second-order valence-electron chi connectivity index (χ2n) is 7.76. The zero-order valence-corrected chi connectivity index (χ0v) is 16.3. The van der Waals surface area contributed by atoms with E-state index in [0.29, 0.717) is 18.3 Å². The number of nitrogens with one attached hydrogen (secondary N) is 2. The molecular weight excluding hydrogens is 348 g/mol. The van der Waals surface area contributed by atoms with Gasteiger partial charge in [0.05, 0.1) is 6.10 Å². The number of benzene rings is 1. The molecule has 0 radical (unpaired) electrons. The lowest BCUT2D eigenvalue weighted by atomic mass is 9.71. The number of amides is 1. The molecule has 26 heavy (non-hydrogen) atoms. The number of hydrogen-bond donors (Lipinski definition) is 3. The van der Waals surface area contributed by atoms with E-state index < -0.39 is 0 Å². The Morgan fingerprint density at radius 1 is 1.12 bits per heavy atom. The predicted molar refractivity (Wildman–Crippen MR) is 108 cm³/mol. The molecule has 1 atom stereocenters. The van der Waals surface area contributed by atoms with Crippen LogP contribution in [-0.2, 0) is 11.2 Å². The van der Waals surface area contributed by atoms with Crippen molar-refractivity contribution in [3.05, 3.63) is 35.9 Å². The van der Waals surface area contributed by atoms with E-state index in [2.05, 4.69) is 34.9 Å². The first-order valence-corrected chi connectivity index (χ1v) is 9.94. The van der Waals surface area contributed by atoms with Gasteiger partial charge in [-0.25, -0.2) is 0 Å². The summed E-state index contributed by atoms with van der Waals surface area (Å²) < 4.78 is 0. The SMILES string of the molecule is Cl.O=C(CCCCc1ccccc1)NC(C1CCNCC1)C1CC(O)C1. The third-order valence-corrected chi connectivity index (χ3v) is 5.84. The van der Waals surface area contributed by atoms with Crippen LogP contribution in [0.5, 0.6) is 0 Å². The molecule has 1 saturated heterocycles. The van der Waals surface area contributed by atoms with E-state index in [9.17, 15) is 9.90 Å². The van der Waals surface area contributed by atoms with Gasteiger partial charge in [0.1, 0.15) is 0 Å². The summed E-state index contributed by atoms with van der Waals surface area (Å²) in [6.45, 7) is 2.09. The largest absolute Gasteiger partial charge is 0.393 e. The molecule has 1 heterocycles. The summed E-state index contributed by atoms with van der Waals surface area (Å²) in [5.74, 6) is 1.22. The fourth-order valence-electron chi connectivity index (χ4n) is 4.26. The van der Waals surface area contributed by atoms with Crippen LogP contribution < -0.4 is 10.6 Å². The second-order valence-corrected chi connectivity index (χ2v) is 7.76. The number of aryl methyl sites for hydroxylation is 1. The monoisotopic (exact) mass is 380 g/mol. The van der Waals surface area contributed by atoms with E-state index in [0.717, 1.165) is 58.0 Å².